The molecule has 5 heteroatoms. The molecular formula is C29H54O3Si2. The molecule has 5 atom stereocenters. The van der Waals surface area contributed by atoms with Gasteiger partial charge in [-0.1, -0.05) is 73.0 Å². The first kappa shape index (κ1) is 31.4. The van der Waals surface area contributed by atoms with Gasteiger partial charge in [-0.25, -0.2) is 0 Å². The van der Waals surface area contributed by atoms with Crippen LogP contribution in [-0.2, 0) is 13.6 Å². The number of terminal acetylenes is 1. The van der Waals surface area contributed by atoms with Crippen molar-refractivity contribution in [3.05, 3.63) is 11.6 Å². The van der Waals surface area contributed by atoms with Crippen molar-refractivity contribution in [2.75, 3.05) is 0 Å². The normalized spacial score (nSPS) is 24.3. The second-order valence-electron chi connectivity index (χ2n) is 11.1. The summed E-state index contributed by atoms with van der Waals surface area (Å²) in [6.45, 7) is 22.3. The topological polar surface area (TPSA) is 35.5 Å². The molecule has 0 unspecified atom stereocenters. The molecule has 0 heterocycles. The van der Waals surface area contributed by atoms with Gasteiger partial charge in [-0.05, 0) is 80.7 Å². The van der Waals surface area contributed by atoms with Crippen LogP contribution >= 0.6 is 0 Å². The Bertz CT molecular complexity index is 686. The Labute approximate surface area is 214 Å². The van der Waals surface area contributed by atoms with Crippen molar-refractivity contribution >= 4 is 22.9 Å². The number of aldehydes is 1. The highest BCUT2D eigenvalue weighted by Crippen LogP contribution is 2.44. The molecular weight excluding hydrogens is 452 g/mol. The summed E-state index contributed by atoms with van der Waals surface area (Å²) in [5.41, 5.74) is 0.522. The maximum absolute atomic E-state index is 12.4. The molecule has 0 saturated carbocycles. The van der Waals surface area contributed by atoms with Crippen molar-refractivity contribution in [3.8, 4) is 12.3 Å². The Morgan fingerprint density at radius 1 is 1.06 bits per heavy atom. The molecule has 1 aliphatic rings. The molecule has 0 radical (unpaired) electrons. The summed E-state index contributed by atoms with van der Waals surface area (Å²) in [5, 5.41) is 0. The summed E-state index contributed by atoms with van der Waals surface area (Å²) in [5.74, 6) is 4.09. The quantitative estimate of drug-likeness (QED) is 0.0971. The molecule has 0 saturated heterocycles. The lowest BCUT2D eigenvalue weighted by Gasteiger charge is -2.47. The largest absolute Gasteiger partial charge is 0.410 e. The minimum absolute atomic E-state index is 0.00426. The van der Waals surface area contributed by atoms with Gasteiger partial charge in [0.05, 0.1) is 6.10 Å². The van der Waals surface area contributed by atoms with Gasteiger partial charge >= 0.3 is 0 Å². The van der Waals surface area contributed by atoms with E-state index in [0.29, 0.717) is 11.8 Å². The van der Waals surface area contributed by atoms with E-state index in [9.17, 15) is 4.79 Å². The molecule has 0 bridgehead atoms. The molecule has 0 aliphatic heterocycles. The smallest absolute Gasteiger partial charge is 0.194 e. The van der Waals surface area contributed by atoms with E-state index in [0.717, 1.165) is 49.1 Å². The molecule has 1 rings (SSSR count). The van der Waals surface area contributed by atoms with Gasteiger partial charge in [-0.2, -0.15) is 0 Å². The summed E-state index contributed by atoms with van der Waals surface area (Å²) in [6, 6.07) is 6.37. The summed E-state index contributed by atoms with van der Waals surface area (Å²) in [6.07, 6.45) is 11.4. The first-order valence-electron chi connectivity index (χ1n) is 14.0. The van der Waals surface area contributed by atoms with E-state index in [-0.39, 0.29) is 17.9 Å². The van der Waals surface area contributed by atoms with E-state index < -0.39 is 22.2 Å². The summed E-state index contributed by atoms with van der Waals surface area (Å²) >= 11 is 0. The van der Waals surface area contributed by atoms with Crippen LogP contribution in [0.5, 0.6) is 0 Å². The third-order valence-corrected chi connectivity index (χ3v) is 18.7. The third-order valence-electron chi connectivity index (χ3n) is 9.33. The third kappa shape index (κ3) is 6.96. The highest BCUT2D eigenvalue weighted by Gasteiger charge is 2.48. The van der Waals surface area contributed by atoms with Gasteiger partial charge in [0.1, 0.15) is 11.9 Å². The van der Waals surface area contributed by atoms with Crippen LogP contribution in [0.3, 0.4) is 0 Å². The van der Waals surface area contributed by atoms with E-state index in [2.05, 4.69) is 81.2 Å². The Balaban J connectivity index is 3.56. The predicted octanol–water partition coefficient (Wildman–Crippen LogP) is 8.23. The molecule has 0 fully saturated rings. The van der Waals surface area contributed by atoms with Crippen LogP contribution in [0.25, 0.3) is 0 Å². The van der Waals surface area contributed by atoms with Crippen molar-refractivity contribution in [3.63, 3.8) is 0 Å². The second kappa shape index (κ2) is 13.6. The molecule has 3 nitrogen and oxygen atoms in total. The van der Waals surface area contributed by atoms with Crippen molar-refractivity contribution in [2.45, 2.75) is 130 Å². The van der Waals surface area contributed by atoms with Crippen LogP contribution < -0.4 is 0 Å². The lowest BCUT2D eigenvalue weighted by molar-refractivity contribution is -0.115. The zero-order valence-electron chi connectivity index (χ0n) is 24.0. The van der Waals surface area contributed by atoms with Crippen molar-refractivity contribution in [1.82, 2.24) is 0 Å². The lowest BCUT2D eigenvalue weighted by atomic mass is 9.66. The van der Waals surface area contributed by atoms with Gasteiger partial charge in [0, 0.05) is 5.92 Å². The van der Waals surface area contributed by atoms with Gasteiger partial charge in [0.25, 0.3) is 0 Å². The minimum Gasteiger partial charge on any atom is -0.410 e. The van der Waals surface area contributed by atoms with Crippen LogP contribution in [0.15, 0.2) is 11.6 Å². The first-order chi connectivity index (χ1) is 16.0. The Morgan fingerprint density at radius 3 is 1.94 bits per heavy atom. The fourth-order valence-corrected chi connectivity index (χ4v) is 12.0. The van der Waals surface area contributed by atoms with Crippen LogP contribution in [0, 0.1) is 36.0 Å². The van der Waals surface area contributed by atoms with Gasteiger partial charge in [0.2, 0.25) is 0 Å². The summed E-state index contributed by atoms with van der Waals surface area (Å²) in [4.78, 5) is 12.4. The average Bonchev–Trinajstić information content (AvgIpc) is 2.85. The molecule has 0 spiro atoms. The number of hydrogen-bond donors (Lipinski definition) is 0. The Morgan fingerprint density at radius 2 is 1.56 bits per heavy atom. The molecule has 0 aromatic rings. The molecule has 0 N–H and O–H groups in total. The van der Waals surface area contributed by atoms with E-state index in [1.165, 1.54) is 11.9 Å². The zero-order valence-corrected chi connectivity index (χ0v) is 26.0. The highest BCUT2D eigenvalue weighted by molar-refractivity contribution is 6.74. The monoisotopic (exact) mass is 506 g/mol. The first-order valence-corrected chi connectivity index (χ1v) is 19.0. The fraction of sp³-hybridized carbons (Fsp3) is 0.828. The molecule has 0 amide bonds. The minimum atomic E-state index is -1.97. The standard InChI is InChI=1S/C29H54O3Si2/c1-12-29(11,32-34(16-5,17-6)18-7)28(31-33(13-2,14-3)15-4)21-26-24(10)19-20-25(23(8)9)27(26)22-30/h1,19,22-23,25-28H,13-18,20-21H2,2-11H3/t25-,26+,27-,28+,29+/m1/s1. The molecule has 1 aliphatic carbocycles. The number of hydrogen-bond acceptors (Lipinski definition) is 3. The van der Waals surface area contributed by atoms with Gasteiger partial charge in [-0.3, -0.25) is 0 Å². The zero-order chi connectivity index (χ0) is 26.2. The van der Waals surface area contributed by atoms with E-state index in [1.807, 2.05) is 0 Å². The lowest BCUT2D eigenvalue weighted by Crippen LogP contribution is -2.56. The highest BCUT2D eigenvalue weighted by atomic mass is 28.4. The van der Waals surface area contributed by atoms with Crippen molar-refractivity contribution < 1.29 is 13.6 Å². The van der Waals surface area contributed by atoms with Gasteiger partial charge in [0.15, 0.2) is 16.6 Å². The maximum Gasteiger partial charge on any atom is 0.194 e. The number of allylic oxidation sites excluding steroid dienone is 2. The van der Waals surface area contributed by atoms with Crippen LogP contribution in [0.2, 0.25) is 36.3 Å². The maximum atomic E-state index is 12.4. The predicted molar refractivity (Wildman–Crippen MR) is 152 cm³/mol. The van der Waals surface area contributed by atoms with E-state index >= 15 is 0 Å². The number of carbonyl (C=O) groups excluding carboxylic acids is 1. The number of carbonyl (C=O) groups is 1. The molecule has 34 heavy (non-hydrogen) atoms. The molecule has 0 aromatic carbocycles. The second-order valence-corrected chi connectivity index (χ2v) is 20.5. The number of rotatable bonds is 15. The summed E-state index contributed by atoms with van der Waals surface area (Å²) < 4.78 is 14.3. The van der Waals surface area contributed by atoms with E-state index in [4.69, 9.17) is 15.3 Å². The van der Waals surface area contributed by atoms with Crippen molar-refractivity contribution in [1.29, 1.82) is 0 Å². The molecule has 0 aromatic heterocycles. The summed E-state index contributed by atoms with van der Waals surface area (Å²) in [7, 11) is -3.93. The van der Waals surface area contributed by atoms with Crippen LogP contribution in [-0.4, -0.2) is 34.6 Å². The van der Waals surface area contributed by atoms with Crippen LogP contribution in [0.4, 0.5) is 0 Å². The average molecular weight is 507 g/mol. The van der Waals surface area contributed by atoms with Crippen LogP contribution in [0.1, 0.15) is 82.1 Å². The Kier molecular flexibility index (Phi) is 12.5. The van der Waals surface area contributed by atoms with Crippen molar-refractivity contribution in [2.24, 2.45) is 23.7 Å². The molecule has 196 valence electrons. The van der Waals surface area contributed by atoms with Gasteiger partial charge < -0.3 is 13.6 Å². The fourth-order valence-electron chi connectivity index (χ4n) is 6.01. The van der Waals surface area contributed by atoms with E-state index in [1.54, 1.807) is 0 Å². The Hall–Kier alpha value is -0.676. The SMILES string of the molecule is C#C[C@](C)(O[Si](CC)(CC)CC)[C@H](C[C@H]1C(C)=CC[C@H](C(C)C)[C@H]1C=O)O[Si](CC)(CC)CC. The van der Waals surface area contributed by atoms with Gasteiger partial charge in [-0.15, -0.1) is 6.42 Å².